The van der Waals surface area contributed by atoms with E-state index in [0.717, 1.165) is 31.3 Å². The van der Waals surface area contributed by atoms with Gasteiger partial charge in [-0.1, -0.05) is 25.5 Å². The normalized spacial score (nSPS) is 48.9. The molecular weight excluding hydrogens is 407 g/mol. The van der Waals surface area contributed by atoms with Gasteiger partial charge in [0.2, 0.25) is 0 Å². The van der Waals surface area contributed by atoms with Crippen molar-refractivity contribution in [1.82, 2.24) is 0 Å². The van der Waals surface area contributed by atoms with Crippen LogP contribution in [0.25, 0.3) is 0 Å². The van der Waals surface area contributed by atoms with Gasteiger partial charge in [-0.25, -0.2) is 4.57 Å². The van der Waals surface area contributed by atoms with Gasteiger partial charge in [0.25, 0.3) is 0 Å². The van der Waals surface area contributed by atoms with Crippen LogP contribution in [0.1, 0.15) is 46.5 Å². The summed E-state index contributed by atoms with van der Waals surface area (Å²) < 4.78 is 22.1. The molecule has 8 atom stereocenters. The van der Waals surface area contributed by atoms with E-state index in [0.29, 0.717) is 11.8 Å². The second-order valence-corrected chi connectivity index (χ2v) is 11.6. The minimum atomic E-state index is -4.68. The molecule has 0 aromatic heterocycles. The van der Waals surface area contributed by atoms with Gasteiger partial charge in [-0.05, 0) is 67.9 Å². The lowest BCUT2D eigenvalue weighted by atomic mass is 9.47. The minimum absolute atomic E-state index is 0.0265. The zero-order valence-electron chi connectivity index (χ0n) is 17.5. The molecule has 4 aliphatic carbocycles. The first kappa shape index (κ1) is 20.8. The second-order valence-electron chi connectivity index (χ2n) is 10.4. The number of carbonyl (C=O) groups is 2. The van der Waals surface area contributed by atoms with E-state index in [9.17, 15) is 14.2 Å². The second kappa shape index (κ2) is 6.23. The van der Waals surface area contributed by atoms with Crippen LogP contribution < -0.4 is 0 Å². The Morgan fingerprint density at radius 3 is 2.77 bits per heavy atom. The van der Waals surface area contributed by atoms with Crippen LogP contribution in [0.3, 0.4) is 0 Å². The quantitative estimate of drug-likeness (QED) is 0.514. The SMILES string of the molecule is C[C@H]1C[C@H]2[C@@H]3CCC4=CC(=O)C=C[C@]4(C)[C@@]34O[C@H]4C[C@]2(C)[C@H]1C(=O)COP(=O)(O)O. The molecule has 164 valence electrons. The molecule has 0 aromatic rings. The maximum Gasteiger partial charge on any atom is 0.470 e. The van der Waals surface area contributed by atoms with E-state index in [1.807, 2.05) is 6.08 Å². The third-order valence-corrected chi connectivity index (χ3v) is 9.46. The average molecular weight is 436 g/mol. The molecule has 0 amide bonds. The molecule has 30 heavy (non-hydrogen) atoms. The van der Waals surface area contributed by atoms with Crippen molar-refractivity contribution < 1.29 is 33.2 Å². The van der Waals surface area contributed by atoms with Crippen LogP contribution in [0.2, 0.25) is 0 Å². The fraction of sp³-hybridized carbons (Fsp3) is 0.727. The maximum atomic E-state index is 13.0. The number of allylic oxidation sites excluding steroid dienone is 2. The molecule has 0 radical (unpaired) electrons. The van der Waals surface area contributed by atoms with Crippen molar-refractivity contribution in [3.05, 3.63) is 23.8 Å². The summed E-state index contributed by atoms with van der Waals surface area (Å²) in [5.41, 5.74) is 0.282. The maximum absolute atomic E-state index is 13.0. The van der Waals surface area contributed by atoms with E-state index < -0.39 is 14.4 Å². The van der Waals surface area contributed by atoms with Crippen molar-refractivity contribution in [2.75, 3.05) is 6.61 Å². The van der Waals surface area contributed by atoms with Crippen LogP contribution in [0.5, 0.6) is 0 Å². The highest BCUT2D eigenvalue weighted by molar-refractivity contribution is 7.46. The Kier molecular flexibility index (Phi) is 4.31. The summed E-state index contributed by atoms with van der Waals surface area (Å²) in [7, 11) is -4.68. The molecule has 3 saturated carbocycles. The van der Waals surface area contributed by atoms with Crippen molar-refractivity contribution >= 4 is 19.4 Å². The van der Waals surface area contributed by atoms with Gasteiger partial charge in [0.05, 0.1) is 6.10 Å². The van der Waals surface area contributed by atoms with E-state index in [1.54, 1.807) is 12.2 Å². The summed E-state index contributed by atoms with van der Waals surface area (Å²) in [5, 5.41) is 0. The molecule has 1 saturated heterocycles. The van der Waals surface area contributed by atoms with Gasteiger partial charge >= 0.3 is 7.82 Å². The monoisotopic (exact) mass is 436 g/mol. The van der Waals surface area contributed by atoms with E-state index in [1.165, 1.54) is 0 Å². The van der Waals surface area contributed by atoms with E-state index in [2.05, 4.69) is 25.3 Å². The lowest BCUT2D eigenvalue weighted by molar-refractivity contribution is -0.132. The van der Waals surface area contributed by atoms with Gasteiger partial charge in [0.1, 0.15) is 12.2 Å². The third-order valence-electron chi connectivity index (χ3n) is 9.00. The number of fused-ring (bicyclic) bond motifs is 3. The van der Waals surface area contributed by atoms with Crippen molar-refractivity contribution in [3.63, 3.8) is 0 Å². The molecular formula is C22H29O7P. The smallest absolute Gasteiger partial charge is 0.364 e. The largest absolute Gasteiger partial charge is 0.470 e. The minimum Gasteiger partial charge on any atom is -0.364 e. The first-order chi connectivity index (χ1) is 13.9. The summed E-state index contributed by atoms with van der Waals surface area (Å²) >= 11 is 0. The fourth-order valence-electron chi connectivity index (χ4n) is 7.94. The number of rotatable bonds is 4. The zero-order chi connectivity index (χ0) is 21.7. The molecule has 8 heteroatoms. The summed E-state index contributed by atoms with van der Waals surface area (Å²) in [6, 6.07) is 0. The standard InChI is InChI=1S/C22H29O7P/c1-12-8-16-15-5-4-13-9-14(23)6-7-21(13,3)22(15)18(29-22)10-20(16,2)19(12)17(24)11-28-30(25,26)27/h6-7,9,12,15-16,18-19H,4-5,8,10-11H2,1-3H3,(H2,25,26,27)/t12-,15-,16-,18-,19+,20-,21-,22+/m0/s1. The molecule has 0 bridgehead atoms. The molecule has 1 heterocycles. The Morgan fingerprint density at radius 2 is 2.07 bits per heavy atom. The first-order valence-corrected chi connectivity index (χ1v) is 12.3. The van der Waals surface area contributed by atoms with Crippen LogP contribution >= 0.6 is 7.82 Å². The number of phosphoric ester groups is 1. The topological polar surface area (TPSA) is 113 Å². The zero-order valence-corrected chi connectivity index (χ0v) is 18.4. The molecule has 0 aromatic carbocycles. The Hall–Kier alpha value is -1.11. The Morgan fingerprint density at radius 1 is 1.33 bits per heavy atom. The Bertz CT molecular complexity index is 934. The molecule has 1 spiro atoms. The molecule has 5 aliphatic rings. The highest BCUT2D eigenvalue weighted by Crippen LogP contribution is 2.75. The number of ether oxygens (including phenoxy) is 1. The summed E-state index contributed by atoms with van der Waals surface area (Å²) in [4.78, 5) is 43.0. The fourth-order valence-corrected chi connectivity index (χ4v) is 8.23. The lowest BCUT2D eigenvalue weighted by Gasteiger charge is -2.54. The number of hydrogen-bond donors (Lipinski definition) is 2. The van der Waals surface area contributed by atoms with Crippen molar-refractivity contribution in [2.45, 2.75) is 58.2 Å². The molecule has 1 aliphatic heterocycles. The summed E-state index contributed by atoms with van der Waals surface area (Å²) in [6.45, 7) is 5.85. The van der Waals surface area contributed by atoms with Crippen LogP contribution in [-0.2, 0) is 23.4 Å². The molecule has 7 nitrogen and oxygen atoms in total. The van der Waals surface area contributed by atoms with Gasteiger partial charge in [-0.15, -0.1) is 0 Å². The van der Waals surface area contributed by atoms with E-state index in [-0.39, 0.29) is 45.9 Å². The van der Waals surface area contributed by atoms with Crippen molar-refractivity contribution in [1.29, 1.82) is 0 Å². The van der Waals surface area contributed by atoms with Gasteiger partial charge in [0, 0.05) is 11.3 Å². The highest BCUT2D eigenvalue weighted by Gasteiger charge is 2.79. The van der Waals surface area contributed by atoms with Crippen molar-refractivity contribution in [2.24, 2.45) is 34.5 Å². The number of carbonyl (C=O) groups excluding carboxylic acids is 2. The number of hydrogen-bond acceptors (Lipinski definition) is 5. The number of phosphoric acid groups is 1. The average Bonchev–Trinajstić information content (AvgIpc) is 3.28. The van der Waals surface area contributed by atoms with Crippen LogP contribution in [0, 0.1) is 34.5 Å². The summed E-state index contributed by atoms with van der Waals surface area (Å²) in [6.07, 6.45) is 8.93. The lowest BCUT2D eigenvalue weighted by Crippen LogP contribution is -2.57. The van der Waals surface area contributed by atoms with E-state index in [4.69, 9.17) is 14.5 Å². The highest BCUT2D eigenvalue weighted by atomic mass is 31.2. The Balaban J connectivity index is 1.46. The van der Waals surface area contributed by atoms with Gasteiger partial charge < -0.3 is 14.5 Å². The van der Waals surface area contributed by atoms with Gasteiger partial charge in [-0.3, -0.25) is 14.1 Å². The molecule has 4 fully saturated rings. The number of ketones is 2. The van der Waals surface area contributed by atoms with E-state index >= 15 is 0 Å². The predicted molar refractivity (Wildman–Crippen MR) is 107 cm³/mol. The molecule has 2 N–H and O–H groups in total. The van der Waals surface area contributed by atoms with Crippen molar-refractivity contribution in [3.8, 4) is 0 Å². The predicted octanol–water partition coefficient (Wildman–Crippen LogP) is 2.97. The van der Waals surface area contributed by atoms with Gasteiger partial charge in [0.15, 0.2) is 11.6 Å². The molecule has 5 rings (SSSR count). The number of Topliss-reactive ketones (excluding diaryl/α,β-unsaturated/α-hetero) is 1. The Labute approximate surface area is 176 Å². The van der Waals surface area contributed by atoms with Crippen LogP contribution in [0.4, 0.5) is 0 Å². The summed E-state index contributed by atoms with van der Waals surface area (Å²) in [5.74, 6) is 0.221. The van der Waals surface area contributed by atoms with Crippen LogP contribution in [0.15, 0.2) is 23.8 Å². The third kappa shape index (κ3) is 2.62. The first-order valence-electron chi connectivity index (χ1n) is 10.8. The van der Waals surface area contributed by atoms with Gasteiger partial charge in [-0.2, -0.15) is 0 Å². The molecule has 0 unspecified atom stereocenters. The number of epoxide rings is 1. The van der Waals surface area contributed by atoms with Crippen LogP contribution in [-0.4, -0.2) is 39.7 Å².